The van der Waals surface area contributed by atoms with Crippen molar-refractivity contribution >= 4 is 17.8 Å². The Kier molecular flexibility index (Phi) is 5.75. The minimum atomic E-state index is 0.233. The van der Waals surface area contributed by atoms with Crippen molar-refractivity contribution in [1.82, 2.24) is 15.0 Å². The monoisotopic (exact) mass is 268 g/mol. The number of likely N-dealkylation sites (N-methyl/N-ethyl adjacent to an activating group) is 1. The first-order valence-electron chi connectivity index (χ1n) is 6.38. The van der Waals surface area contributed by atoms with E-state index in [0.717, 1.165) is 6.54 Å². The molecule has 1 rings (SSSR count). The van der Waals surface area contributed by atoms with Gasteiger partial charge in [0.25, 0.3) is 0 Å². The molecule has 1 N–H and O–H groups in total. The van der Waals surface area contributed by atoms with Crippen LogP contribution in [0.15, 0.2) is 0 Å². The predicted molar refractivity (Wildman–Crippen MR) is 78.1 cm³/mol. The van der Waals surface area contributed by atoms with E-state index in [1.54, 1.807) is 7.05 Å². The molecule has 0 saturated carbocycles. The van der Waals surface area contributed by atoms with Crippen LogP contribution in [0.25, 0.3) is 0 Å². The molecule has 108 valence electrons. The van der Waals surface area contributed by atoms with Crippen molar-refractivity contribution in [2.75, 3.05) is 56.5 Å². The lowest BCUT2D eigenvalue weighted by Gasteiger charge is -2.20. The molecule has 0 radical (unpaired) electrons. The number of hydrogen-bond acceptors (Lipinski definition) is 7. The van der Waals surface area contributed by atoms with Crippen molar-refractivity contribution in [1.29, 1.82) is 0 Å². The summed E-state index contributed by atoms with van der Waals surface area (Å²) in [5.74, 6) is 1.83. The van der Waals surface area contributed by atoms with Crippen LogP contribution < -0.4 is 15.1 Å². The molecule has 0 aliphatic carbocycles. The Morgan fingerprint density at radius 3 is 2.26 bits per heavy atom. The fourth-order valence-electron chi connectivity index (χ4n) is 1.36. The van der Waals surface area contributed by atoms with Crippen LogP contribution in [0.2, 0.25) is 0 Å². The molecule has 0 bridgehead atoms. The third-order valence-electron chi connectivity index (χ3n) is 2.45. The largest absolute Gasteiger partial charge is 0.377 e. The Hall–Kier alpha value is -1.63. The van der Waals surface area contributed by atoms with Gasteiger partial charge in [0.15, 0.2) is 0 Å². The van der Waals surface area contributed by atoms with E-state index in [1.165, 1.54) is 0 Å². The third kappa shape index (κ3) is 4.86. The number of nitrogens with zero attached hydrogens (tertiary/aromatic N) is 5. The molecular weight excluding hydrogens is 244 g/mol. The van der Waals surface area contributed by atoms with Crippen LogP contribution in [0.1, 0.15) is 13.8 Å². The highest BCUT2D eigenvalue weighted by Gasteiger charge is 2.11. The van der Waals surface area contributed by atoms with Gasteiger partial charge < -0.3 is 19.9 Å². The van der Waals surface area contributed by atoms with Gasteiger partial charge in [-0.05, 0) is 13.8 Å². The van der Waals surface area contributed by atoms with Crippen molar-refractivity contribution in [3.05, 3.63) is 0 Å². The van der Waals surface area contributed by atoms with Crippen LogP contribution >= 0.6 is 0 Å². The summed E-state index contributed by atoms with van der Waals surface area (Å²) in [5.41, 5.74) is 0. The van der Waals surface area contributed by atoms with Crippen LogP contribution in [0.4, 0.5) is 17.8 Å². The standard InChI is InChI=1S/C12H24N6O/c1-9(2)19-8-7-18(6)12-15-10(13-3)14-11(16-12)17(4)5/h9H,7-8H2,1-6H3,(H,13,14,15,16). The minimum absolute atomic E-state index is 0.233. The molecule has 0 aliphatic rings. The zero-order valence-electron chi connectivity index (χ0n) is 12.6. The van der Waals surface area contributed by atoms with Gasteiger partial charge in [0.1, 0.15) is 0 Å². The molecule has 0 spiro atoms. The van der Waals surface area contributed by atoms with Crippen LogP contribution in [-0.4, -0.2) is 62.4 Å². The van der Waals surface area contributed by atoms with Crippen molar-refractivity contribution in [3.63, 3.8) is 0 Å². The van der Waals surface area contributed by atoms with Gasteiger partial charge in [-0.2, -0.15) is 15.0 Å². The number of ether oxygens (including phenoxy) is 1. The fraction of sp³-hybridized carbons (Fsp3) is 0.750. The second-order valence-corrected chi connectivity index (χ2v) is 4.74. The molecule has 0 unspecified atom stereocenters. The molecule has 1 aromatic heterocycles. The first kappa shape index (κ1) is 15.4. The summed E-state index contributed by atoms with van der Waals surface area (Å²) >= 11 is 0. The van der Waals surface area contributed by atoms with Gasteiger partial charge in [-0.25, -0.2) is 0 Å². The molecule has 19 heavy (non-hydrogen) atoms. The highest BCUT2D eigenvalue weighted by atomic mass is 16.5. The molecule has 7 heteroatoms. The van der Waals surface area contributed by atoms with Gasteiger partial charge in [0, 0.05) is 34.7 Å². The minimum Gasteiger partial charge on any atom is -0.377 e. The van der Waals surface area contributed by atoms with E-state index < -0.39 is 0 Å². The van der Waals surface area contributed by atoms with Crippen molar-refractivity contribution in [2.45, 2.75) is 20.0 Å². The second-order valence-electron chi connectivity index (χ2n) is 4.74. The average molecular weight is 268 g/mol. The quantitative estimate of drug-likeness (QED) is 0.786. The van der Waals surface area contributed by atoms with E-state index in [9.17, 15) is 0 Å². The number of rotatable bonds is 7. The average Bonchev–Trinajstić information content (AvgIpc) is 2.37. The van der Waals surface area contributed by atoms with Gasteiger partial charge in [-0.15, -0.1) is 0 Å². The molecule has 0 saturated heterocycles. The van der Waals surface area contributed by atoms with E-state index >= 15 is 0 Å². The smallest absolute Gasteiger partial charge is 0.231 e. The maximum Gasteiger partial charge on any atom is 0.231 e. The van der Waals surface area contributed by atoms with Crippen LogP contribution in [0.5, 0.6) is 0 Å². The van der Waals surface area contributed by atoms with Crippen molar-refractivity contribution in [2.24, 2.45) is 0 Å². The van der Waals surface area contributed by atoms with Gasteiger partial charge in [-0.3, -0.25) is 0 Å². The van der Waals surface area contributed by atoms with Gasteiger partial charge in [0.2, 0.25) is 17.8 Å². The Labute approximate surface area is 115 Å². The van der Waals surface area contributed by atoms with Crippen molar-refractivity contribution < 1.29 is 4.74 Å². The highest BCUT2D eigenvalue weighted by molar-refractivity contribution is 5.43. The maximum atomic E-state index is 5.53. The summed E-state index contributed by atoms with van der Waals surface area (Å²) in [6, 6.07) is 0. The topological polar surface area (TPSA) is 66.4 Å². The lowest BCUT2D eigenvalue weighted by molar-refractivity contribution is 0.0844. The van der Waals surface area contributed by atoms with E-state index in [0.29, 0.717) is 24.5 Å². The second kappa shape index (κ2) is 7.08. The normalized spacial score (nSPS) is 10.7. The summed E-state index contributed by atoms with van der Waals surface area (Å²) in [4.78, 5) is 16.8. The number of aromatic nitrogens is 3. The summed E-state index contributed by atoms with van der Waals surface area (Å²) in [5, 5.41) is 2.95. The predicted octanol–water partition coefficient (Wildman–Crippen LogP) is 0.840. The van der Waals surface area contributed by atoms with Crippen LogP contribution in [-0.2, 0) is 4.74 Å². The van der Waals surface area contributed by atoms with E-state index in [4.69, 9.17) is 4.74 Å². The maximum absolute atomic E-state index is 5.53. The summed E-state index contributed by atoms with van der Waals surface area (Å²) < 4.78 is 5.53. The third-order valence-corrected chi connectivity index (χ3v) is 2.45. The molecule has 7 nitrogen and oxygen atoms in total. The molecule has 0 atom stereocenters. The van der Waals surface area contributed by atoms with E-state index in [2.05, 4.69) is 20.3 Å². The van der Waals surface area contributed by atoms with Gasteiger partial charge >= 0.3 is 0 Å². The number of nitrogens with one attached hydrogen (secondary N) is 1. The van der Waals surface area contributed by atoms with Crippen LogP contribution in [0.3, 0.4) is 0 Å². The van der Waals surface area contributed by atoms with E-state index in [1.807, 2.05) is 44.8 Å². The lowest BCUT2D eigenvalue weighted by Crippen LogP contribution is -2.27. The molecule has 0 aliphatic heterocycles. The fourth-order valence-corrected chi connectivity index (χ4v) is 1.36. The Bertz CT molecular complexity index is 396. The van der Waals surface area contributed by atoms with Crippen LogP contribution in [0, 0.1) is 0 Å². The molecule has 0 amide bonds. The SMILES string of the molecule is CNc1nc(N(C)C)nc(N(C)CCOC(C)C)n1. The summed E-state index contributed by atoms with van der Waals surface area (Å²) in [6.07, 6.45) is 0.233. The summed E-state index contributed by atoms with van der Waals surface area (Å²) in [7, 11) is 7.54. The molecule has 1 heterocycles. The van der Waals surface area contributed by atoms with Crippen molar-refractivity contribution in [3.8, 4) is 0 Å². The first-order valence-corrected chi connectivity index (χ1v) is 6.38. The molecular formula is C12H24N6O. The molecule has 0 fully saturated rings. The highest BCUT2D eigenvalue weighted by Crippen LogP contribution is 2.13. The van der Waals surface area contributed by atoms with Gasteiger partial charge in [0.05, 0.1) is 12.7 Å². The number of anilines is 3. The zero-order chi connectivity index (χ0) is 14.4. The Balaban J connectivity index is 2.77. The Morgan fingerprint density at radius 2 is 1.74 bits per heavy atom. The molecule has 1 aromatic rings. The van der Waals surface area contributed by atoms with E-state index in [-0.39, 0.29) is 6.10 Å². The van der Waals surface area contributed by atoms with Gasteiger partial charge in [-0.1, -0.05) is 0 Å². The molecule has 0 aromatic carbocycles. The lowest BCUT2D eigenvalue weighted by atomic mass is 10.5. The first-order chi connectivity index (χ1) is 8.93. The zero-order valence-corrected chi connectivity index (χ0v) is 12.6. The number of hydrogen-bond donors (Lipinski definition) is 1. The Morgan fingerprint density at radius 1 is 1.11 bits per heavy atom. The summed E-state index contributed by atoms with van der Waals surface area (Å²) in [6.45, 7) is 5.42.